The van der Waals surface area contributed by atoms with Crippen molar-refractivity contribution in [3.8, 4) is 0 Å². The lowest BCUT2D eigenvalue weighted by Gasteiger charge is -2.44. The van der Waals surface area contributed by atoms with Crippen LogP contribution < -0.4 is 5.32 Å². The lowest BCUT2D eigenvalue weighted by Crippen LogP contribution is -2.66. The second kappa shape index (κ2) is 11.0. The van der Waals surface area contributed by atoms with Crippen LogP contribution in [0.15, 0.2) is 0 Å². The predicted molar refractivity (Wildman–Crippen MR) is 95.6 cm³/mol. The van der Waals surface area contributed by atoms with Crippen LogP contribution in [0.5, 0.6) is 0 Å². The Morgan fingerprint density at radius 2 is 1.65 bits per heavy atom. The van der Waals surface area contributed by atoms with Crippen molar-refractivity contribution in [1.82, 2.24) is 5.32 Å². The van der Waals surface area contributed by atoms with Gasteiger partial charge in [-0.15, -0.1) is 0 Å². The number of hydrogen-bond acceptors (Lipinski definition) is 10. The van der Waals surface area contributed by atoms with Crippen molar-refractivity contribution in [3.63, 3.8) is 0 Å². The number of rotatable bonds is 8. The number of carbonyl (C=O) groups is 5. The van der Waals surface area contributed by atoms with Crippen LogP contribution in [-0.4, -0.2) is 79.9 Å². The number of esters is 4. The highest BCUT2D eigenvalue weighted by atomic mass is 19.2. The number of methoxy groups -OCH3 is 1. The van der Waals surface area contributed by atoms with Gasteiger partial charge in [0.25, 0.3) is 0 Å². The molecule has 1 rings (SSSR count). The first kappa shape index (κ1) is 26.2. The Morgan fingerprint density at radius 1 is 1.06 bits per heavy atom. The molecule has 1 amide bonds. The summed E-state index contributed by atoms with van der Waals surface area (Å²) in [6.45, 7) is 3.48. The van der Waals surface area contributed by atoms with E-state index in [1.165, 1.54) is 0 Å². The maximum absolute atomic E-state index is 15.1. The number of nitrogens with one attached hydrogen (secondary N) is 1. The summed E-state index contributed by atoms with van der Waals surface area (Å²) < 4.78 is 53.9. The standard InChI is InChI=1S/C18H25F2NO10/c1-8(22)21-12-6-14(19)18(20,17(26)27-5)31-15(12)16(30-11(4)25)13(29-10(3)24)7-28-9(2)23/h12-16H,6-7H2,1-5H3,(H,21,22)/t12-,13?,14?,15?,16-,18?/m0/s1. The summed E-state index contributed by atoms with van der Waals surface area (Å²) in [6, 6.07) is -1.32. The van der Waals surface area contributed by atoms with Gasteiger partial charge in [-0.25, -0.2) is 9.18 Å². The van der Waals surface area contributed by atoms with Gasteiger partial charge in [0, 0.05) is 34.1 Å². The van der Waals surface area contributed by atoms with E-state index in [2.05, 4.69) is 10.1 Å². The zero-order valence-corrected chi connectivity index (χ0v) is 17.6. The number of amides is 1. The maximum atomic E-state index is 15.1. The van der Waals surface area contributed by atoms with E-state index in [9.17, 15) is 28.4 Å². The van der Waals surface area contributed by atoms with Crippen molar-refractivity contribution >= 4 is 29.8 Å². The van der Waals surface area contributed by atoms with Crippen LogP contribution >= 0.6 is 0 Å². The van der Waals surface area contributed by atoms with E-state index < -0.39 is 79.2 Å². The molecule has 6 atom stereocenters. The molecule has 1 heterocycles. The van der Waals surface area contributed by atoms with Crippen LogP contribution in [0, 0.1) is 0 Å². The fourth-order valence-electron chi connectivity index (χ4n) is 3.03. The molecule has 1 saturated heterocycles. The molecule has 1 aliphatic rings. The average Bonchev–Trinajstić information content (AvgIpc) is 2.64. The molecule has 1 N–H and O–H groups in total. The van der Waals surface area contributed by atoms with Crippen LogP contribution in [0.4, 0.5) is 8.78 Å². The van der Waals surface area contributed by atoms with Crippen molar-refractivity contribution in [2.75, 3.05) is 13.7 Å². The van der Waals surface area contributed by atoms with E-state index in [0.29, 0.717) is 0 Å². The summed E-state index contributed by atoms with van der Waals surface area (Å²) >= 11 is 0. The Labute approximate surface area is 176 Å². The van der Waals surface area contributed by atoms with E-state index in [4.69, 9.17) is 18.9 Å². The summed E-state index contributed by atoms with van der Waals surface area (Å²) in [7, 11) is 0.806. The van der Waals surface area contributed by atoms with Gasteiger partial charge >= 0.3 is 29.7 Å². The molecule has 176 valence electrons. The van der Waals surface area contributed by atoms with Crippen molar-refractivity contribution < 1.29 is 56.4 Å². The van der Waals surface area contributed by atoms with Gasteiger partial charge in [0.2, 0.25) is 5.91 Å². The van der Waals surface area contributed by atoms with Crippen molar-refractivity contribution in [3.05, 3.63) is 0 Å². The summed E-state index contributed by atoms with van der Waals surface area (Å²) in [5, 5.41) is 2.32. The highest BCUT2D eigenvalue weighted by Gasteiger charge is 2.60. The summed E-state index contributed by atoms with van der Waals surface area (Å²) in [6.07, 6.45) is -8.29. The van der Waals surface area contributed by atoms with Gasteiger partial charge in [0.15, 0.2) is 18.4 Å². The molecule has 0 aromatic rings. The molecule has 0 saturated carbocycles. The Balaban J connectivity index is 3.45. The van der Waals surface area contributed by atoms with Gasteiger partial charge in [0.05, 0.1) is 13.2 Å². The lowest BCUT2D eigenvalue weighted by molar-refractivity contribution is -0.276. The first-order chi connectivity index (χ1) is 14.3. The SMILES string of the molecule is COC(=O)C1(F)OC([C@@H](OC(C)=O)C(COC(C)=O)OC(C)=O)[C@@H](NC(C)=O)CC1F. The molecule has 13 heteroatoms. The molecular formula is C18H25F2NO10. The molecule has 1 fully saturated rings. The Hall–Kier alpha value is -2.83. The Bertz CT molecular complexity index is 717. The lowest BCUT2D eigenvalue weighted by atomic mass is 9.90. The normalized spacial score (nSPS) is 27.3. The highest BCUT2D eigenvalue weighted by Crippen LogP contribution is 2.37. The monoisotopic (exact) mass is 453 g/mol. The van der Waals surface area contributed by atoms with Gasteiger partial charge < -0.3 is 29.0 Å². The topological polar surface area (TPSA) is 144 Å². The number of ether oxygens (including phenoxy) is 5. The van der Waals surface area contributed by atoms with Gasteiger partial charge in [-0.2, -0.15) is 4.39 Å². The van der Waals surface area contributed by atoms with Gasteiger partial charge in [-0.05, 0) is 0 Å². The quantitative estimate of drug-likeness (QED) is 0.390. The number of halogens is 2. The molecule has 1 aliphatic heterocycles. The van der Waals surface area contributed by atoms with Crippen LogP contribution in [0.1, 0.15) is 34.1 Å². The second-order valence-electron chi connectivity index (χ2n) is 6.75. The molecule has 4 unspecified atom stereocenters. The third-order valence-electron chi connectivity index (χ3n) is 4.18. The molecule has 0 aromatic heterocycles. The maximum Gasteiger partial charge on any atom is 0.375 e. The first-order valence-corrected chi connectivity index (χ1v) is 9.15. The largest absolute Gasteiger partial charge is 0.465 e. The number of hydrogen-bond donors (Lipinski definition) is 1. The van der Waals surface area contributed by atoms with Crippen molar-refractivity contribution in [2.45, 2.75) is 70.5 Å². The first-order valence-electron chi connectivity index (χ1n) is 9.15. The predicted octanol–water partition coefficient (Wildman–Crippen LogP) is -0.117. The molecular weight excluding hydrogens is 428 g/mol. The molecule has 0 aromatic carbocycles. The van der Waals surface area contributed by atoms with Gasteiger partial charge in [0.1, 0.15) is 12.7 Å². The van der Waals surface area contributed by atoms with Crippen LogP contribution in [0.3, 0.4) is 0 Å². The van der Waals surface area contributed by atoms with E-state index in [-0.39, 0.29) is 0 Å². The van der Waals surface area contributed by atoms with E-state index in [0.717, 1.165) is 34.8 Å². The fraction of sp³-hybridized carbons (Fsp3) is 0.722. The zero-order valence-electron chi connectivity index (χ0n) is 17.6. The molecule has 0 aliphatic carbocycles. The second-order valence-corrected chi connectivity index (χ2v) is 6.75. The van der Waals surface area contributed by atoms with E-state index >= 15 is 4.39 Å². The van der Waals surface area contributed by atoms with Crippen LogP contribution in [0.25, 0.3) is 0 Å². The van der Waals surface area contributed by atoms with Crippen LogP contribution in [-0.2, 0) is 47.7 Å². The number of alkyl halides is 2. The summed E-state index contributed by atoms with van der Waals surface area (Å²) in [5.41, 5.74) is 0. The number of carbonyl (C=O) groups excluding carboxylic acids is 5. The Morgan fingerprint density at radius 3 is 2.10 bits per heavy atom. The minimum atomic E-state index is -3.60. The third kappa shape index (κ3) is 7.12. The molecule has 0 bridgehead atoms. The van der Waals surface area contributed by atoms with Crippen LogP contribution in [0.2, 0.25) is 0 Å². The van der Waals surface area contributed by atoms with E-state index in [1.807, 2.05) is 0 Å². The Kier molecular flexibility index (Phi) is 9.28. The van der Waals surface area contributed by atoms with Crippen molar-refractivity contribution in [1.29, 1.82) is 0 Å². The van der Waals surface area contributed by atoms with E-state index in [1.54, 1.807) is 0 Å². The summed E-state index contributed by atoms with van der Waals surface area (Å²) in [4.78, 5) is 57.9. The van der Waals surface area contributed by atoms with Crippen molar-refractivity contribution in [2.24, 2.45) is 0 Å². The zero-order chi connectivity index (χ0) is 23.9. The molecule has 0 spiro atoms. The summed E-state index contributed by atoms with van der Waals surface area (Å²) in [5.74, 6) is -8.57. The van der Waals surface area contributed by atoms with Gasteiger partial charge in [-0.1, -0.05) is 0 Å². The molecule has 0 radical (unpaired) electrons. The smallest absolute Gasteiger partial charge is 0.375 e. The fourth-order valence-corrected chi connectivity index (χ4v) is 3.03. The minimum Gasteiger partial charge on any atom is -0.465 e. The molecule has 11 nitrogen and oxygen atoms in total. The molecule has 31 heavy (non-hydrogen) atoms. The third-order valence-corrected chi connectivity index (χ3v) is 4.18. The van der Waals surface area contributed by atoms with Gasteiger partial charge in [-0.3, -0.25) is 19.2 Å². The average molecular weight is 453 g/mol. The minimum absolute atomic E-state index is 0.643. The highest BCUT2D eigenvalue weighted by molar-refractivity contribution is 5.79.